The molecule has 182 valence electrons. The highest BCUT2D eigenvalue weighted by atomic mass is 16.5. The van der Waals surface area contributed by atoms with Gasteiger partial charge in [0.2, 0.25) is 5.91 Å². The first-order valence-electron chi connectivity index (χ1n) is 12.1. The van der Waals surface area contributed by atoms with E-state index in [1.54, 1.807) is 13.1 Å². The lowest BCUT2D eigenvalue weighted by atomic mass is 10.1. The summed E-state index contributed by atoms with van der Waals surface area (Å²) >= 11 is 0. The second kappa shape index (κ2) is 9.09. The lowest BCUT2D eigenvalue weighted by Gasteiger charge is -2.26. The number of hydrogen-bond acceptors (Lipinski definition) is 6. The SMILES string of the molecule is CC(=O)N1CCc2cc(-c3cn4ccnc4c(Nc4ccc(C(=O)N5CCOCC5)cc4)n3)ccc21. The van der Waals surface area contributed by atoms with Crippen molar-refractivity contribution in [2.75, 3.05) is 43.1 Å². The van der Waals surface area contributed by atoms with E-state index in [-0.39, 0.29) is 11.8 Å². The van der Waals surface area contributed by atoms with Gasteiger partial charge in [-0.3, -0.25) is 9.59 Å². The van der Waals surface area contributed by atoms with E-state index in [0.717, 1.165) is 34.6 Å². The van der Waals surface area contributed by atoms with Crippen LogP contribution in [0.5, 0.6) is 0 Å². The van der Waals surface area contributed by atoms with Gasteiger partial charge >= 0.3 is 0 Å². The van der Waals surface area contributed by atoms with Crippen LogP contribution in [0.1, 0.15) is 22.8 Å². The van der Waals surface area contributed by atoms with Crippen LogP contribution in [-0.2, 0) is 16.0 Å². The Balaban J connectivity index is 1.28. The van der Waals surface area contributed by atoms with E-state index in [2.05, 4.69) is 16.4 Å². The molecule has 4 heterocycles. The number of benzene rings is 2. The third kappa shape index (κ3) is 4.07. The van der Waals surface area contributed by atoms with Crippen molar-refractivity contribution >= 4 is 34.7 Å². The molecule has 0 atom stereocenters. The van der Waals surface area contributed by atoms with Crippen LogP contribution < -0.4 is 10.2 Å². The standard InChI is InChI=1S/C27H26N6O3/c1-18(34)33-10-8-21-16-20(4-7-24(21)33)23-17-32-11-9-28-26(32)25(30-23)29-22-5-2-19(3-6-22)27(35)31-12-14-36-15-13-31/h2-7,9,11,16-17H,8,10,12-15H2,1H3,(H,29,30). The van der Waals surface area contributed by atoms with E-state index in [4.69, 9.17) is 9.72 Å². The van der Waals surface area contributed by atoms with E-state index < -0.39 is 0 Å². The van der Waals surface area contributed by atoms with Crippen molar-refractivity contribution in [2.24, 2.45) is 0 Å². The summed E-state index contributed by atoms with van der Waals surface area (Å²) in [5, 5.41) is 3.37. The lowest BCUT2D eigenvalue weighted by molar-refractivity contribution is -0.116. The number of rotatable bonds is 4. The molecular formula is C27H26N6O3. The zero-order valence-electron chi connectivity index (χ0n) is 20.0. The first-order valence-corrected chi connectivity index (χ1v) is 12.1. The molecule has 1 fully saturated rings. The third-order valence-corrected chi connectivity index (χ3v) is 6.72. The van der Waals surface area contributed by atoms with Crippen molar-refractivity contribution in [3.8, 4) is 11.3 Å². The molecule has 2 aromatic heterocycles. The number of morpholine rings is 1. The molecule has 2 amide bonds. The Labute approximate surface area is 208 Å². The predicted octanol–water partition coefficient (Wildman–Crippen LogP) is 3.52. The van der Waals surface area contributed by atoms with Crippen LogP contribution in [0.15, 0.2) is 61.1 Å². The third-order valence-electron chi connectivity index (χ3n) is 6.72. The Morgan fingerprint density at radius 1 is 1.03 bits per heavy atom. The number of nitrogens with one attached hydrogen (secondary N) is 1. The number of fused-ring (bicyclic) bond motifs is 2. The van der Waals surface area contributed by atoms with Gasteiger partial charge in [0.25, 0.3) is 5.91 Å². The van der Waals surface area contributed by atoms with Gasteiger partial charge in [0.15, 0.2) is 11.5 Å². The number of hydrogen-bond donors (Lipinski definition) is 1. The van der Waals surface area contributed by atoms with Crippen LogP contribution in [0.25, 0.3) is 16.9 Å². The van der Waals surface area contributed by atoms with Crippen molar-refractivity contribution in [3.05, 3.63) is 72.2 Å². The van der Waals surface area contributed by atoms with Crippen LogP contribution in [-0.4, -0.2) is 63.9 Å². The molecule has 0 unspecified atom stereocenters. The minimum absolute atomic E-state index is 0.0144. The van der Waals surface area contributed by atoms with Crippen LogP contribution >= 0.6 is 0 Å². The van der Waals surface area contributed by atoms with Crippen LogP contribution in [0.4, 0.5) is 17.2 Å². The van der Waals surface area contributed by atoms with Gasteiger partial charge in [-0.15, -0.1) is 0 Å². The largest absolute Gasteiger partial charge is 0.378 e. The molecule has 0 aliphatic carbocycles. The second-order valence-electron chi connectivity index (χ2n) is 9.00. The average Bonchev–Trinajstić information content (AvgIpc) is 3.56. The molecule has 0 bridgehead atoms. The Kier molecular flexibility index (Phi) is 5.61. The number of carbonyl (C=O) groups excluding carboxylic acids is 2. The highest BCUT2D eigenvalue weighted by molar-refractivity contribution is 5.95. The number of imidazole rings is 1. The summed E-state index contributed by atoms with van der Waals surface area (Å²) in [5.74, 6) is 0.694. The predicted molar refractivity (Wildman–Crippen MR) is 137 cm³/mol. The first kappa shape index (κ1) is 22.2. The molecule has 2 aliphatic heterocycles. The molecule has 4 aromatic rings. The number of nitrogens with zero attached hydrogens (tertiary/aromatic N) is 5. The summed E-state index contributed by atoms with van der Waals surface area (Å²) in [5.41, 5.74) is 6.05. The Morgan fingerprint density at radius 2 is 1.83 bits per heavy atom. The monoisotopic (exact) mass is 482 g/mol. The molecule has 9 nitrogen and oxygen atoms in total. The fraction of sp³-hybridized carbons (Fsp3) is 0.259. The number of aromatic nitrogens is 3. The van der Waals surface area contributed by atoms with Crippen LogP contribution in [0.3, 0.4) is 0 Å². The highest BCUT2D eigenvalue weighted by Gasteiger charge is 2.23. The lowest BCUT2D eigenvalue weighted by Crippen LogP contribution is -2.40. The Bertz CT molecular complexity index is 1460. The number of amides is 2. The fourth-order valence-corrected chi connectivity index (χ4v) is 4.82. The molecule has 6 rings (SSSR count). The van der Waals surface area contributed by atoms with Crippen LogP contribution in [0, 0.1) is 0 Å². The van der Waals surface area contributed by atoms with E-state index in [9.17, 15) is 9.59 Å². The molecule has 0 saturated carbocycles. The van der Waals surface area contributed by atoms with Crippen LogP contribution in [0.2, 0.25) is 0 Å². The van der Waals surface area contributed by atoms with Gasteiger partial charge in [0.1, 0.15) is 0 Å². The van der Waals surface area contributed by atoms with Crippen molar-refractivity contribution in [1.29, 1.82) is 0 Å². The summed E-state index contributed by atoms with van der Waals surface area (Å²) in [6.45, 7) is 4.69. The maximum Gasteiger partial charge on any atom is 0.254 e. The van der Waals surface area contributed by atoms with Crippen molar-refractivity contribution in [3.63, 3.8) is 0 Å². The molecule has 0 spiro atoms. The maximum atomic E-state index is 12.8. The minimum atomic E-state index is 0.0144. The van der Waals surface area contributed by atoms with Gasteiger partial charge in [0, 0.05) is 67.7 Å². The number of anilines is 3. The molecule has 9 heteroatoms. The summed E-state index contributed by atoms with van der Waals surface area (Å²) in [6, 6.07) is 13.5. The zero-order chi connectivity index (χ0) is 24.6. The average molecular weight is 483 g/mol. The van der Waals surface area contributed by atoms with E-state index in [1.807, 2.05) is 63.0 Å². The van der Waals surface area contributed by atoms with E-state index in [1.165, 1.54) is 0 Å². The quantitative estimate of drug-likeness (QED) is 0.479. The first-order chi connectivity index (χ1) is 17.6. The van der Waals surface area contributed by atoms with Gasteiger partial charge in [-0.25, -0.2) is 9.97 Å². The normalized spacial score (nSPS) is 15.2. The summed E-state index contributed by atoms with van der Waals surface area (Å²) in [4.78, 5) is 37.6. The summed E-state index contributed by atoms with van der Waals surface area (Å²) in [6.07, 6.45) is 6.41. The van der Waals surface area contributed by atoms with Gasteiger partial charge in [-0.2, -0.15) is 0 Å². The topological polar surface area (TPSA) is 92.1 Å². The molecule has 1 saturated heterocycles. The number of ether oxygens (including phenoxy) is 1. The summed E-state index contributed by atoms with van der Waals surface area (Å²) < 4.78 is 7.28. The molecule has 2 aliphatic rings. The van der Waals surface area contributed by atoms with Crippen molar-refractivity contribution in [1.82, 2.24) is 19.3 Å². The van der Waals surface area contributed by atoms with Gasteiger partial charge < -0.3 is 24.3 Å². The molecule has 1 N–H and O–H groups in total. The van der Waals surface area contributed by atoms with Crippen molar-refractivity contribution < 1.29 is 14.3 Å². The van der Waals surface area contributed by atoms with Gasteiger partial charge in [-0.05, 0) is 48.4 Å². The maximum absolute atomic E-state index is 12.8. The zero-order valence-corrected chi connectivity index (χ0v) is 20.0. The van der Waals surface area contributed by atoms with E-state index >= 15 is 0 Å². The molecule has 2 aromatic carbocycles. The van der Waals surface area contributed by atoms with Gasteiger partial charge in [0.05, 0.1) is 18.9 Å². The van der Waals surface area contributed by atoms with Crippen molar-refractivity contribution in [2.45, 2.75) is 13.3 Å². The number of carbonyl (C=O) groups is 2. The summed E-state index contributed by atoms with van der Waals surface area (Å²) in [7, 11) is 0. The van der Waals surface area contributed by atoms with E-state index in [0.29, 0.717) is 49.9 Å². The molecule has 0 radical (unpaired) electrons. The smallest absolute Gasteiger partial charge is 0.254 e. The van der Waals surface area contributed by atoms with Gasteiger partial charge in [-0.1, -0.05) is 6.07 Å². The Morgan fingerprint density at radius 3 is 2.61 bits per heavy atom. The molecule has 36 heavy (non-hydrogen) atoms. The fourth-order valence-electron chi connectivity index (χ4n) is 4.82. The molecular weight excluding hydrogens is 456 g/mol. The highest BCUT2D eigenvalue weighted by Crippen LogP contribution is 2.33. The Hall–Kier alpha value is -4.24. The minimum Gasteiger partial charge on any atom is -0.378 e. The second-order valence-corrected chi connectivity index (χ2v) is 9.00.